The standard InChI is InChI=1S/C18H15N5O3S/c1-24-13-5-12(7-19-8-13)14-9-21-18-23(14)22-17(27-18)20-6-11-2-3-15-16(4-11)26-10-25-15/h2-5,7-9H,6,10H2,1H3,(H,20,22). The molecule has 5 rings (SSSR count). The second-order valence-electron chi connectivity index (χ2n) is 5.90. The van der Waals surface area contributed by atoms with Gasteiger partial charge in [-0.25, -0.2) is 9.50 Å². The van der Waals surface area contributed by atoms with E-state index in [0.29, 0.717) is 12.3 Å². The molecule has 136 valence electrons. The molecular weight excluding hydrogens is 366 g/mol. The van der Waals surface area contributed by atoms with Gasteiger partial charge in [-0.1, -0.05) is 17.4 Å². The minimum absolute atomic E-state index is 0.276. The van der Waals surface area contributed by atoms with Crippen molar-refractivity contribution in [2.45, 2.75) is 6.54 Å². The largest absolute Gasteiger partial charge is 0.495 e. The number of fused-ring (bicyclic) bond motifs is 2. The van der Waals surface area contributed by atoms with Gasteiger partial charge >= 0.3 is 0 Å². The molecule has 0 saturated carbocycles. The molecule has 0 unspecified atom stereocenters. The van der Waals surface area contributed by atoms with Gasteiger partial charge < -0.3 is 19.5 Å². The molecule has 0 bridgehead atoms. The van der Waals surface area contributed by atoms with E-state index in [1.54, 1.807) is 25.7 Å². The van der Waals surface area contributed by atoms with E-state index >= 15 is 0 Å². The number of pyridine rings is 1. The van der Waals surface area contributed by atoms with Gasteiger partial charge in [-0.3, -0.25) is 4.98 Å². The molecule has 27 heavy (non-hydrogen) atoms. The zero-order valence-electron chi connectivity index (χ0n) is 14.4. The highest BCUT2D eigenvalue weighted by Gasteiger charge is 2.15. The first-order valence-corrected chi connectivity index (χ1v) is 9.08. The number of benzene rings is 1. The van der Waals surface area contributed by atoms with E-state index in [0.717, 1.165) is 38.4 Å². The molecule has 1 N–H and O–H groups in total. The molecule has 0 spiro atoms. The van der Waals surface area contributed by atoms with E-state index in [4.69, 9.17) is 14.2 Å². The molecule has 0 fully saturated rings. The van der Waals surface area contributed by atoms with Crippen LogP contribution in [0.4, 0.5) is 5.13 Å². The van der Waals surface area contributed by atoms with E-state index in [1.807, 2.05) is 28.8 Å². The number of hydrogen-bond donors (Lipinski definition) is 1. The summed E-state index contributed by atoms with van der Waals surface area (Å²) in [6.45, 7) is 0.904. The first-order chi connectivity index (χ1) is 13.3. The first kappa shape index (κ1) is 15.9. The topological polar surface area (TPSA) is 82.8 Å². The molecule has 0 amide bonds. The lowest BCUT2D eigenvalue weighted by molar-refractivity contribution is 0.174. The molecule has 1 aliphatic heterocycles. The zero-order valence-corrected chi connectivity index (χ0v) is 15.2. The number of methoxy groups -OCH3 is 1. The predicted octanol–water partition coefficient (Wildman–Crippen LogP) is 3.20. The molecule has 0 saturated heterocycles. The minimum Gasteiger partial charge on any atom is -0.495 e. The van der Waals surface area contributed by atoms with Crippen LogP contribution in [0.1, 0.15) is 5.56 Å². The Bertz CT molecular complexity index is 1120. The van der Waals surface area contributed by atoms with Crippen LogP contribution in [0, 0.1) is 0 Å². The molecule has 0 aliphatic carbocycles. The number of hydrogen-bond acceptors (Lipinski definition) is 8. The maximum Gasteiger partial charge on any atom is 0.231 e. The van der Waals surface area contributed by atoms with Gasteiger partial charge in [-0.15, -0.1) is 5.10 Å². The van der Waals surface area contributed by atoms with Crippen LogP contribution in [0.15, 0.2) is 42.9 Å². The number of nitrogens with zero attached hydrogens (tertiary/aromatic N) is 4. The molecule has 1 aromatic carbocycles. The summed E-state index contributed by atoms with van der Waals surface area (Å²) in [7, 11) is 1.62. The third kappa shape index (κ3) is 2.91. The van der Waals surface area contributed by atoms with Crippen LogP contribution in [0.5, 0.6) is 17.2 Å². The lowest BCUT2D eigenvalue weighted by Crippen LogP contribution is -2.00. The Balaban J connectivity index is 1.38. The summed E-state index contributed by atoms with van der Waals surface area (Å²) in [4.78, 5) is 9.46. The molecule has 9 heteroatoms. The van der Waals surface area contributed by atoms with Crippen molar-refractivity contribution >= 4 is 21.4 Å². The molecule has 3 aromatic heterocycles. The minimum atomic E-state index is 0.276. The summed E-state index contributed by atoms with van der Waals surface area (Å²) in [6.07, 6.45) is 5.23. The van der Waals surface area contributed by atoms with Gasteiger partial charge in [0.1, 0.15) is 5.75 Å². The van der Waals surface area contributed by atoms with Crippen LogP contribution >= 0.6 is 11.3 Å². The predicted molar refractivity (Wildman–Crippen MR) is 101 cm³/mol. The number of ether oxygens (including phenoxy) is 3. The second-order valence-corrected chi connectivity index (χ2v) is 6.86. The second kappa shape index (κ2) is 6.44. The molecule has 4 aromatic rings. The smallest absolute Gasteiger partial charge is 0.231 e. The third-order valence-corrected chi connectivity index (χ3v) is 5.09. The highest BCUT2D eigenvalue weighted by atomic mass is 32.1. The number of aromatic nitrogens is 4. The highest BCUT2D eigenvalue weighted by molar-refractivity contribution is 7.20. The van der Waals surface area contributed by atoms with E-state index in [2.05, 4.69) is 20.4 Å². The van der Waals surface area contributed by atoms with Gasteiger partial charge in [0.25, 0.3) is 0 Å². The maximum absolute atomic E-state index is 5.42. The van der Waals surface area contributed by atoms with Crippen molar-refractivity contribution in [1.29, 1.82) is 0 Å². The summed E-state index contributed by atoms with van der Waals surface area (Å²) >= 11 is 1.49. The van der Waals surface area contributed by atoms with Gasteiger partial charge in [0.15, 0.2) is 11.5 Å². The van der Waals surface area contributed by atoms with E-state index in [1.165, 1.54) is 11.3 Å². The van der Waals surface area contributed by atoms with Crippen LogP contribution in [-0.2, 0) is 6.54 Å². The van der Waals surface area contributed by atoms with Gasteiger partial charge in [0, 0.05) is 18.3 Å². The Labute approximate surface area is 158 Å². The Morgan fingerprint density at radius 1 is 1.19 bits per heavy atom. The first-order valence-electron chi connectivity index (χ1n) is 8.26. The molecule has 0 radical (unpaired) electrons. The average Bonchev–Trinajstić information content (AvgIpc) is 3.41. The summed E-state index contributed by atoms with van der Waals surface area (Å²) < 4.78 is 17.8. The fourth-order valence-electron chi connectivity index (χ4n) is 2.86. The van der Waals surface area contributed by atoms with Crippen molar-refractivity contribution in [3.63, 3.8) is 0 Å². The molecule has 1 aliphatic rings. The quantitative estimate of drug-likeness (QED) is 0.568. The maximum atomic E-state index is 5.42. The van der Waals surface area contributed by atoms with Crippen molar-refractivity contribution in [3.05, 3.63) is 48.4 Å². The fraction of sp³-hybridized carbons (Fsp3) is 0.167. The van der Waals surface area contributed by atoms with Crippen molar-refractivity contribution < 1.29 is 14.2 Å². The molecule has 4 heterocycles. The SMILES string of the molecule is COc1cncc(-c2cnc3sc(NCc4ccc5c(c4)OCO5)nn23)c1. The van der Waals surface area contributed by atoms with Crippen LogP contribution in [0.2, 0.25) is 0 Å². The summed E-state index contributed by atoms with van der Waals surface area (Å²) in [5.74, 6) is 2.25. The highest BCUT2D eigenvalue weighted by Crippen LogP contribution is 2.33. The lowest BCUT2D eigenvalue weighted by atomic mass is 10.2. The molecule has 0 atom stereocenters. The number of imidazole rings is 1. The summed E-state index contributed by atoms with van der Waals surface area (Å²) in [5.41, 5.74) is 2.85. The van der Waals surface area contributed by atoms with Gasteiger partial charge in [-0.2, -0.15) is 0 Å². The third-order valence-electron chi connectivity index (χ3n) is 4.21. The van der Waals surface area contributed by atoms with Gasteiger partial charge in [0.2, 0.25) is 16.9 Å². The normalized spacial score (nSPS) is 12.5. The Morgan fingerprint density at radius 3 is 3.04 bits per heavy atom. The Kier molecular flexibility index (Phi) is 3.79. The Hall–Kier alpha value is -3.33. The number of rotatable bonds is 5. The van der Waals surface area contributed by atoms with Crippen molar-refractivity contribution in [2.24, 2.45) is 0 Å². The van der Waals surface area contributed by atoms with Crippen molar-refractivity contribution in [1.82, 2.24) is 19.6 Å². The molecular formula is C18H15N5O3S. The summed E-state index contributed by atoms with van der Waals surface area (Å²) in [6, 6.07) is 7.81. The zero-order chi connectivity index (χ0) is 18.2. The van der Waals surface area contributed by atoms with E-state index in [9.17, 15) is 0 Å². The number of nitrogens with one attached hydrogen (secondary N) is 1. The van der Waals surface area contributed by atoms with Crippen LogP contribution in [0.25, 0.3) is 16.2 Å². The average molecular weight is 381 g/mol. The molecule has 8 nitrogen and oxygen atoms in total. The fourth-order valence-corrected chi connectivity index (χ4v) is 3.63. The monoisotopic (exact) mass is 381 g/mol. The van der Waals surface area contributed by atoms with Gasteiger partial charge in [-0.05, 0) is 23.8 Å². The van der Waals surface area contributed by atoms with Gasteiger partial charge in [0.05, 0.1) is 25.2 Å². The van der Waals surface area contributed by atoms with Crippen LogP contribution in [-0.4, -0.2) is 33.5 Å². The van der Waals surface area contributed by atoms with Crippen LogP contribution in [0.3, 0.4) is 0 Å². The van der Waals surface area contributed by atoms with Crippen molar-refractivity contribution in [3.8, 4) is 28.5 Å². The van der Waals surface area contributed by atoms with E-state index < -0.39 is 0 Å². The van der Waals surface area contributed by atoms with E-state index in [-0.39, 0.29) is 6.79 Å². The Morgan fingerprint density at radius 2 is 2.11 bits per heavy atom. The van der Waals surface area contributed by atoms with Crippen LogP contribution < -0.4 is 19.5 Å². The number of anilines is 1. The lowest BCUT2D eigenvalue weighted by Gasteiger charge is -2.04. The van der Waals surface area contributed by atoms with Crippen molar-refractivity contribution in [2.75, 3.05) is 19.2 Å². The summed E-state index contributed by atoms with van der Waals surface area (Å²) in [5, 5.41) is 8.75.